The average molecular weight is 218 g/mol. The Labute approximate surface area is 98.2 Å². The van der Waals surface area contributed by atoms with E-state index < -0.39 is 0 Å². The molecule has 0 radical (unpaired) electrons. The third-order valence-corrected chi connectivity index (χ3v) is 3.50. The quantitative estimate of drug-likeness (QED) is 0.745. The van der Waals surface area contributed by atoms with Crippen molar-refractivity contribution in [3.05, 3.63) is 24.3 Å². The zero-order valence-corrected chi connectivity index (χ0v) is 10.2. The Morgan fingerprint density at radius 3 is 2.31 bits per heavy atom. The van der Waals surface area contributed by atoms with E-state index in [0.29, 0.717) is 6.04 Å². The summed E-state index contributed by atoms with van der Waals surface area (Å²) in [4.78, 5) is 0. The maximum atomic E-state index is 5.94. The Kier molecular flexibility index (Phi) is 3.37. The number of hydrogen-bond acceptors (Lipinski definition) is 2. The zero-order valence-electron chi connectivity index (χ0n) is 10.2. The first-order valence-electron chi connectivity index (χ1n) is 6.26. The van der Waals surface area contributed by atoms with Gasteiger partial charge >= 0.3 is 0 Å². The molecule has 1 aliphatic carbocycles. The Bertz CT molecular complexity index is 338. The highest BCUT2D eigenvalue weighted by Gasteiger charge is 2.23. The summed E-state index contributed by atoms with van der Waals surface area (Å²) in [7, 11) is 0. The number of nitrogens with two attached hydrogens (primary N) is 1. The van der Waals surface area contributed by atoms with Crippen molar-refractivity contribution >= 4 is 11.4 Å². The number of nitrogens with one attached hydrogen (secondary N) is 1. The van der Waals surface area contributed by atoms with E-state index in [4.69, 9.17) is 5.73 Å². The normalized spacial score (nSPS) is 30.0. The Hall–Kier alpha value is -1.18. The van der Waals surface area contributed by atoms with Crippen LogP contribution >= 0.6 is 0 Å². The monoisotopic (exact) mass is 218 g/mol. The second kappa shape index (κ2) is 4.77. The standard InChI is InChI=1S/C14H22N2/c1-10-7-11(2)9-12(8-10)16-14-6-4-3-5-13(14)15/h3-6,10-12,16H,7-9,15H2,1-2H3. The van der Waals surface area contributed by atoms with Crippen molar-refractivity contribution in [2.24, 2.45) is 11.8 Å². The molecule has 1 aromatic carbocycles. The lowest BCUT2D eigenvalue weighted by Gasteiger charge is -2.32. The van der Waals surface area contributed by atoms with Crippen LogP contribution < -0.4 is 11.1 Å². The number of hydrogen-bond donors (Lipinski definition) is 2. The van der Waals surface area contributed by atoms with Gasteiger partial charge in [0.2, 0.25) is 0 Å². The SMILES string of the molecule is CC1CC(C)CC(Nc2ccccc2N)C1. The lowest BCUT2D eigenvalue weighted by atomic mass is 9.80. The van der Waals surface area contributed by atoms with E-state index in [1.807, 2.05) is 18.2 Å². The van der Waals surface area contributed by atoms with Gasteiger partial charge in [-0.3, -0.25) is 0 Å². The molecule has 2 atom stereocenters. The molecule has 2 heteroatoms. The first kappa shape index (κ1) is 11.3. The Balaban J connectivity index is 2.02. The highest BCUT2D eigenvalue weighted by molar-refractivity contribution is 5.65. The largest absolute Gasteiger partial charge is 0.397 e. The molecular formula is C14H22N2. The van der Waals surface area contributed by atoms with Crippen LogP contribution in [-0.2, 0) is 0 Å². The molecule has 1 aliphatic rings. The molecule has 88 valence electrons. The molecule has 3 N–H and O–H groups in total. The summed E-state index contributed by atoms with van der Waals surface area (Å²) in [5, 5.41) is 3.58. The van der Waals surface area contributed by atoms with Crippen molar-refractivity contribution in [2.75, 3.05) is 11.1 Å². The van der Waals surface area contributed by atoms with Crippen LogP contribution in [-0.4, -0.2) is 6.04 Å². The van der Waals surface area contributed by atoms with Gasteiger partial charge in [-0.25, -0.2) is 0 Å². The van der Waals surface area contributed by atoms with E-state index in [2.05, 4.69) is 25.2 Å². The second-order valence-electron chi connectivity index (χ2n) is 5.35. The number of nitrogen functional groups attached to an aromatic ring is 1. The van der Waals surface area contributed by atoms with Gasteiger partial charge in [-0.1, -0.05) is 26.0 Å². The summed E-state index contributed by atoms with van der Waals surface area (Å²) < 4.78 is 0. The summed E-state index contributed by atoms with van der Waals surface area (Å²) >= 11 is 0. The van der Waals surface area contributed by atoms with Crippen LogP contribution in [0.2, 0.25) is 0 Å². The van der Waals surface area contributed by atoms with E-state index >= 15 is 0 Å². The fraction of sp³-hybridized carbons (Fsp3) is 0.571. The molecule has 2 unspecified atom stereocenters. The summed E-state index contributed by atoms with van der Waals surface area (Å²) in [5.74, 6) is 1.65. The highest BCUT2D eigenvalue weighted by Crippen LogP contribution is 2.31. The molecule has 0 bridgehead atoms. The van der Waals surface area contributed by atoms with Gasteiger partial charge in [0.15, 0.2) is 0 Å². The van der Waals surface area contributed by atoms with Gasteiger partial charge < -0.3 is 11.1 Å². The van der Waals surface area contributed by atoms with Crippen LogP contribution in [0, 0.1) is 11.8 Å². The molecule has 2 nitrogen and oxygen atoms in total. The van der Waals surface area contributed by atoms with Crippen molar-refractivity contribution in [3.63, 3.8) is 0 Å². The summed E-state index contributed by atoms with van der Waals surface area (Å²) in [6, 6.07) is 8.63. The highest BCUT2D eigenvalue weighted by atomic mass is 14.9. The zero-order chi connectivity index (χ0) is 11.5. The van der Waals surface area contributed by atoms with Crippen molar-refractivity contribution in [2.45, 2.75) is 39.2 Å². The molecule has 1 fully saturated rings. The van der Waals surface area contributed by atoms with Crippen LogP contribution in [0.15, 0.2) is 24.3 Å². The van der Waals surface area contributed by atoms with E-state index in [-0.39, 0.29) is 0 Å². The average Bonchev–Trinajstić information content (AvgIpc) is 2.20. The van der Waals surface area contributed by atoms with Gasteiger partial charge in [0.05, 0.1) is 11.4 Å². The molecule has 0 saturated heterocycles. The molecule has 0 aliphatic heterocycles. The lowest BCUT2D eigenvalue weighted by Crippen LogP contribution is -2.30. The molecule has 2 rings (SSSR count). The third-order valence-electron chi connectivity index (χ3n) is 3.50. The number of anilines is 2. The lowest BCUT2D eigenvalue weighted by molar-refractivity contribution is 0.281. The van der Waals surface area contributed by atoms with Gasteiger partial charge in [-0.05, 0) is 43.2 Å². The minimum Gasteiger partial charge on any atom is -0.397 e. The van der Waals surface area contributed by atoms with Gasteiger partial charge in [-0.2, -0.15) is 0 Å². The van der Waals surface area contributed by atoms with Gasteiger partial charge in [0.25, 0.3) is 0 Å². The summed E-state index contributed by atoms with van der Waals surface area (Å²) in [5.41, 5.74) is 7.89. The van der Waals surface area contributed by atoms with Crippen LogP contribution in [0.5, 0.6) is 0 Å². The van der Waals surface area contributed by atoms with E-state index in [1.54, 1.807) is 0 Å². The first-order valence-corrected chi connectivity index (χ1v) is 6.26. The van der Waals surface area contributed by atoms with Crippen molar-refractivity contribution in [1.82, 2.24) is 0 Å². The van der Waals surface area contributed by atoms with E-state index in [9.17, 15) is 0 Å². The predicted octanol–water partition coefficient (Wildman–Crippen LogP) is 3.51. The molecule has 1 saturated carbocycles. The summed E-state index contributed by atoms with van der Waals surface area (Å²) in [6.45, 7) is 4.69. The second-order valence-corrected chi connectivity index (χ2v) is 5.35. The fourth-order valence-electron chi connectivity index (χ4n) is 2.91. The van der Waals surface area contributed by atoms with Gasteiger partial charge in [0, 0.05) is 6.04 Å². The van der Waals surface area contributed by atoms with E-state index in [0.717, 1.165) is 23.2 Å². The van der Waals surface area contributed by atoms with Crippen LogP contribution in [0.25, 0.3) is 0 Å². The Morgan fingerprint density at radius 2 is 1.69 bits per heavy atom. The fourth-order valence-corrected chi connectivity index (χ4v) is 2.91. The molecule has 16 heavy (non-hydrogen) atoms. The van der Waals surface area contributed by atoms with Crippen molar-refractivity contribution in [3.8, 4) is 0 Å². The Morgan fingerprint density at radius 1 is 1.06 bits per heavy atom. The molecule has 0 heterocycles. The maximum absolute atomic E-state index is 5.94. The number of rotatable bonds is 2. The van der Waals surface area contributed by atoms with Crippen LogP contribution in [0.1, 0.15) is 33.1 Å². The molecule has 0 spiro atoms. The molecule has 0 amide bonds. The van der Waals surface area contributed by atoms with E-state index in [1.165, 1.54) is 19.3 Å². The minimum absolute atomic E-state index is 0.587. The van der Waals surface area contributed by atoms with Crippen LogP contribution in [0.3, 0.4) is 0 Å². The number of para-hydroxylation sites is 2. The maximum Gasteiger partial charge on any atom is 0.0576 e. The first-order chi connectivity index (χ1) is 7.65. The smallest absolute Gasteiger partial charge is 0.0576 e. The van der Waals surface area contributed by atoms with Crippen LogP contribution in [0.4, 0.5) is 11.4 Å². The van der Waals surface area contributed by atoms with Crippen molar-refractivity contribution < 1.29 is 0 Å². The minimum atomic E-state index is 0.587. The van der Waals surface area contributed by atoms with Crippen molar-refractivity contribution in [1.29, 1.82) is 0 Å². The van der Waals surface area contributed by atoms with Gasteiger partial charge in [-0.15, -0.1) is 0 Å². The van der Waals surface area contributed by atoms with Gasteiger partial charge in [0.1, 0.15) is 0 Å². The molecular weight excluding hydrogens is 196 g/mol. The number of benzene rings is 1. The molecule has 0 aromatic heterocycles. The topological polar surface area (TPSA) is 38.0 Å². The third kappa shape index (κ3) is 2.69. The predicted molar refractivity (Wildman–Crippen MR) is 70.4 cm³/mol. The molecule has 1 aromatic rings. The summed E-state index contributed by atoms with van der Waals surface area (Å²) in [6.07, 6.45) is 3.89.